The minimum atomic E-state index is -3.87. The molecule has 0 radical (unpaired) electrons. The lowest BCUT2D eigenvalue weighted by atomic mass is 10.2. The first-order valence-corrected chi connectivity index (χ1v) is 8.40. The van der Waals surface area contributed by atoms with E-state index in [1.54, 1.807) is 19.1 Å². The van der Waals surface area contributed by atoms with E-state index in [0.717, 1.165) is 29.8 Å². The molecular formula is C16H15N3O4S. The molecule has 0 heterocycles. The van der Waals surface area contributed by atoms with Crippen molar-refractivity contribution in [2.75, 3.05) is 0 Å². The van der Waals surface area contributed by atoms with Crippen LogP contribution in [0.25, 0.3) is 6.08 Å². The van der Waals surface area contributed by atoms with Gasteiger partial charge in [-0.15, -0.1) is 0 Å². The summed E-state index contributed by atoms with van der Waals surface area (Å²) in [6.07, 6.45) is 3.48. The van der Waals surface area contributed by atoms with Gasteiger partial charge in [-0.25, -0.2) is 0 Å². The monoisotopic (exact) mass is 345 g/mol. The van der Waals surface area contributed by atoms with Crippen LogP contribution >= 0.6 is 0 Å². The Balaban J connectivity index is 2.08. The van der Waals surface area contributed by atoms with Gasteiger partial charge in [0.05, 0.1) is 15.5 Å². The van der Waals surface area contributed by atoms with E-state index < -0.39 is 14.9 Å². The van der Waals surface area contributed by atoms with Crippen LogP contribution in [0.5, 0.6) is 0 Å². The summed E-state index contributed by atoms with van der Waals surface area (Å²) in [5, 5.41) is 14.4. The lowest BCUT2D eigenvalue weighted by molar-refractivity contribution is -0.384. The van der Waals surface area contributed by atoms with Crippen molar-refractivity contribution in [2.45, 2.75) is 11.8 Å². The van der Waals surface area contributed by atoms with Gasteiger partial charge in [-0.05, 0) is 30.7 Å². The molecule has 2 aromatic rings. The van der Waals surface area contributed by atoms with Crippen LogP contribution in [0.1, 0.15) is 12.5 Å². The summed E-state index contributed by atoms with van der Waals surface area (Å²) in [5.74, 6) is 0. The van der Waals surface area contributed by atoms with Crippen molar-refractivity contribution in [2.24, 2.45) is 5.10 Å². The van der Waals surface area contributed by atoms with Crippen LogP contribution in [0.2, 0.25) is 0 Å². The lowest BCUT2D eigenvalue weighted by Crippen LogP contribution is -2.19. The Kier molecular flexibility index (Phi) is 5.43. The molecule has 0 saturated carbocycles. The molecule has 0 spiro atoms. The van der Waals surface area contributed by atoms with Gasteiger partial charge < -0.3 is 0 Å². The number of hydrogen-bond acceptors (Lipinski definition) is 5. The zero-order chi connectivity index (χ0) is 17.6. The standard InChI is InChI=1S/C16H15N3O4S/c1-13(7-8-14-5-3-2-4-6-14)17-18-24(22,23)16-11-9-15(10-12-16)19(20)21/h2-12,18H,1H3/b8-7+,17-13+. The Bertz CT molecular complexity index is 873. The summed E-state index contributed by atoms with van der Waals surface area (Å²) >= 11 is 0. The molecule has 0 aliphatic heterocycles. The van der Waals surface area contributed by atoms with Crippen molar-refractivity contribution >= 4 is 27.5 Å². The van der Waals surface area contributed by atoms with E-state index in [9.17, 15) is 18.5 Å². The molecule has 0 unspecified atom stereocenters. The summed E-state index contributed by atoms with van der Waals surface area (Å²) in [4.78, 5) is 12.0. The number of benzene rings is 2. The Morgan fingerprint density at radius 1 is 1.12 bits per heavy atom. The number of sulfonamides is 1. The van der Waals surface area contributed by atoms with E-state index in [-0.39, 0.29) is 10.6 Å². The molecule has 24 heavy (non-hydrogen) atoms. The first kappa shape index (κ1) is 17.4. The van der Waals surface area contributed by atoms with Crippen molar-refractivity contribution < 1.29 is 13.3 Å². The van der Waals surface area contributed by atoms with Gasteiger partial charge in [0, 0.05) is 12.1 Å². The third-order valence-corrected chi connectivity index (χ3v) is 4.24. The van der Waals surface area contributed by atoms with Crippen molar-refractivity contribution in [3.05, 3.63) is 76.4 Å². The van der Waals surface area contributed by atoms with Crippen LogP contribution < -0.4 is 4.83 Å². The summed E-state index contributed by atoms with van der Waals surface area (Å²) in [6.45, 7) is 1.65. The fourth-order valence-electron chi connectivity index (χ4n) is 1.75. The van der Waals surface area contributed by atoms with E-state index in [4.69, 9.17) is 0 Å². The molecule has 0 bridgehead atoms. The van der Waals surface area contributed by atoms with Gasteiger partial charge in [0.1, 0.15) is 0 Å². The second-order valence-electron chi connectivity index (χ2n) is 4.84. The number of nitro benzene ring substituents is 1. The van der Waals surface area contributed by atoms with Gasteiger partial charge in [0.2, 0.25) is 0 Å². The SMILES string of the molecule is CC(/C=C/c1ccccc1)=N\NS(=O)(=O)c1ccc([N+](=O)[O-])cc1. The smallest absolute Gasteiger partial charge is 0.258 e. The normalized spacial score (nSPS) is 12.3. The quantitative estimate of drug-likeness (QED) is 0.494. The van der Waals surface area contributed by atoms with Gasteiger partial charge in [-0.3, -0.25) is 10.1 Å². The maximum absolute atomic E-state index is 12.1. The molecule has 0 aliphatic carbocycles. The van der Waals surface area contributed by atoms with Crippen LogP contribution in [0.15, 0.2) is 70.7 Å². The second kappa shape index (κ2) is 7.51. The van der Waals surface area contributed by atoms with Crippen LogP contribution in [0, 0.1) is 10.1 Å². The number of nitrogens with zero attached hydrogens (tertiary/aromatic N) is 2. The Morgan fingerprint density at radius 3 is 2.33 bits per heavy atom. The zero-order valence-electron chi connectivity index (χ0n) is 12.8. The molecule has 0 atom stereocenters. The van der Waals surface area contributed by atoms with Crippen molar-refractivity contribution in [3.8, 4) is 0 Å². The van der Waals surface area contributed by atoms with Gasteiger partial charge in [-0.2, -0.15) is 18.4 Å². The van der Waals surface area contributed by atoms with Crippen molar-refractivity contribution in [1.29, 1.82) is 0 Å². The molecule has 7 nitrogen and oxygen atoms in total. The number of allylic oxidation sites excluding steroid dienone is 1. The van der Waals surface area contributed by atoms with E-state index in [1.165, 1.54) is 0 Å². The van der Waals surface area contributed by atoms with Gasteiger partial charge >= 0.3 is 0 Å². The molecule has 8 heteroatoms. The number of hydrogen-bond donors (Lipinski definition) is 1. The largest absolute Gasteiger partial charge is 0.276 e. The number of nitro groups is 1. The Morgan fingerprint density at radius 2 is 1.75 bits per heavy atom. The maximum atomic E-state index is 12.1. The molecule has 0 amide bonds. The average molecular weight is 345 g/mol. The summed E-state index contributed by atoms with van der Waals surface area (Å²) < 4.78 is 24.2. The average Bonchev–Trinajstić information content (AvgIpc) is 2.59. The highest BCUT2D eigenvalue weighted by Crippen LogP contribution is 2.15. The fraction of sp³-hybridized carbons (Fsp3) is 0.0625. The van der Waals surface area contributed by atoms with E-state index >= 15 is 0 Å². The molecule has 0 aliphatic rings. The minimum absolute atomic E-state index is 0.100. The van der Waals surface area contributed by atoms with Gasteiger partial charge in [0.15, 0.2) is 0 Å². The number of hydrazone groups is 1. The molecule has 2 aromatic carbocycles. The number of rotatable bonds is 6. The molecule has 124 valence electrons. The Hall–Kier alpha value is -3.00. The summed E-state index contributed by atoms with van der Waals surface area (Å²) in [6, 6.07) is 14.1. The molecule has 2 rings (SSSR count). The number of nitrogens with one attached hydrogen (secondary N) is 1. The van der Waals surface area contributed by atoms with Crippen molar-refractivity contribution in [1.82, 2.24) is 4.83 Å². The second-order valence-corrected chi connectivity index (χ2v) is 6.50. The molecule has 0 saturated heterocycles. The molecule has 0 fully saturated rings. The third kappa shape index (κ3) is 4.75. The van der Waals surface area contributed by atoms with Crippen LogP contribution in [0.3, 0.4) is 0 Å². The van der Waals surface area contributed by atoms with Crippen molar-refractivity contribution in [3.63, 3.8) is 0 Å². The van der Waals surface area contributed by atoms with E-state index in [1.807, 2.05) is 30.3 Å². The highest BCUT2D eigenvalue weighted by atomic mass is 32.2. The molecular weight excluding hydrogens is 330 g/mol. The highest BCUT2D eigenvalue weighted by molar-refractivity contribution is 7.89. The third-order valence-electron chi connectivity index (χ3n) is 3.02. The lowest BCUT2D eigenvalue weighted by Gasteiger charge is -2.03. The summed E-state index contributed by atoms with van der Waals surface area (Å²) in [5.41, 5.74) is 1.24. The van der Waals surface area contributed by atoms with E-state index in [2.05, 4.69) is 9.93 Å². The fourth-order valence-corrected chi connectivity index (χ4v) is 2.61. The van der Waals surface area contributed by atoms with Gasteiger partial charge in [0.25, 0.3) is 15.7 Å². The van der Waals surface area contributed by atoms with Crippen LogP contribution in [0.4, 0.5) is 5.69 Å². The molecule has 0 aromatic heterocycles. The topological polar surface area (TPSA) is 102 Å². The van der Waals surface area contributed by atoms with E-state index in [0.29, 0.717) is 5.71 Å². The maximum Gasteiger partial charge on any atom is 0.276 e. The predicted molar refractivity (Wildman–Crippen MR) is 92.0 cm³/mol. The highest BCUT2D eigenvalue weighted by Gasteiger charge is 2.14. The zero-order valence-corrected chi connectivity index (χ0v) is 13.6. The predicted octanol–water partition coefficient (Wildman–Crippen LogP) is 2.96. The first-order valence-electron chi connectivity index (χ1n) is 6.92. The summed E-state index contributed by atoms with van der Waals surface area (Å²) in [7, 11) is -3.87. The first-order chi connectivity index (χ1) is 11.4. The minimum Gasteiger partial charge on any atom is -0.258 e. The molecule has 1 N–H and O–H groups in total. The number of non-ortho nitro benzene ring substituents is 1. The van der Waals surface area contributed by atoms with Crippen LogP contribution in [-0.2, 0) is 10.0 Å². The van der Waals surface area contributed by atoms with Crippen LogP contribution in [-0.4, -0.2) is 19.1 Å². The Labute approximate surface area is 139 Å². The van der Waals surface area contributed by atoms with Gasteiger partial charge in [-0.1, -0.05) is 36.4 Å².